The Bertz CT molecular complexity index is 151. The van der Waals surface area contributed by atoms with Crippen LogP contribution >= 0.6 is 0 Å². The first-order valence-electron chi connectivity index (χ1n) is 6.35. The van der Waals surface area contributed by atoms with Gasteiger partial charge < -0.3 is 5.11 Å². The normalized spacial score (nSPS) is 31.1. The van der Waals surface area contributed by atoms with E-state index in [1.165, 1.54) is 25.7 Å². The van der Waals surface area contributed by atoms with Gasteiger partial charge in [0.05, 0.1) is 0 Å². The van der Waals surface area contributed by atoms with E-state index in [2.05, 4.69) is 20.8 Å². The van der Waals surface area contributed by atoms with E-state index in [1.807, 2.05) is 0 Å². The molecule has 0 aromatic rings. The fraction of sp³-hybridized carbons (Fsp3) is 1.00. The lowest BCUT2D eigenvalue weighted by Crippen LogP contribution is -1.98. The minimum Gasteiger partial charge on any atom is -0.396 e. The van der Waals surface area contributed by atoms with Gasteiger partial charge in [0.1, 0.15) is 0 Å². The highest BCUT2D eigenvalue weighted by Crippen LogP contribution is 2.51. The first-order chi connectivity index (χ1) is 6.74. The van der Waals surface area contributed by atoms with Crippen molar-refractivity contribution in [1.29, 1.82) is 0 Å². The average molecular weight is 198 g/mol. The molecule has 1 rings (SSSR count). The molecule has 1 aliphatic carbocycles. The van der Waals surface area contributed by atoms with E-state index in [0.29, 0.717) is 6.61 Å². The summed E-state index contributed by atoms with van der Waals surface area (Å²) in [7, 11) is 0. The molecule has 3 unspecified atom stereocenters. The van der Waals surface area contributed by atoms with Crippen molar-refractivity contribution in [1.82, 2.24) is 0 Å². The van der Waals surface area contributed by atoms with Crippen molar-refractivity contribution < 1.29 is 5.11 Å². The molecule has 3 atom stereocenters. The SMILES string of the molecule is CCC(CC)CCC1C(C)C1CCO. The quantitative estimate of drug-likeness (QED) is 0.664. The van der Waals surface area contributed by atoms with Crippen LogP contribution in [0.25, 0.3) is 0 Å². The molecule has 0 amide bonds. The molecule has 1 saturated carbocycles. The van der Waals surface area contributed by atoms with Crippen LogP contribution in [-0.4, -0.2) is 11.7 Å². The molecule has 0 heterocycles. The molecule has 0 bridgehead atoms. The van der Waals surface area contributed by atoms with Gasteiger partial charge >= 0.3 is 0 Å². The number of aliphatic hydroxyl groups is 1. The van der Waals surface area contributed by atoms with Crippen LogP contribution in [-0.2, 0) is 0 Å². The second-order valence-electron chi connectivity index (χ2n) is 4.96. The Kier molecular flexibility index (Phi) is 4.94. The smallest absolute Gasteiger partial charge is 0.0433 e. The van der Waals surface area contributed by atoms with Crippen molar-refractivity contribution in [3.05, 3.63) is 0 Å². The minimum atomic E-state index is 0.385. The summed E-state index contributed by atoms with van der Waals surface area (Å²) in [5.74, 6) is 3.60. The Labute approximate surface area is 88.9 Å². The van der Waals surface area contributed by atoms with Gasteiger partial charge in [-0.2, -0.15) is 0 Å². The second kappa shape index (κ2) is 5.75. The maximum atomic E-state index is 8.88. The fourth-order valence-corrected chi connectivity index (χ4v) is 2.86. The summed E-state index contributed by atoms with van der Waals surface area (Å²) >= 11 is 0. The third-order valence-electron chi connectivity index (χ3n) is 4.29. The lowest BCUT2D eigenvalue weighted by molar-refractivity contribution is 0.274. The van der Waals surface area contributed by atoms with Crippen LogP contribution in [0.5, 0.6) is 0 Å². The topological polar surface area (TPSA) is 20.2 Å². The number of hydrogen-bond donors (Lipinski definition) is 1. The highest BCUT2D eigenvalue weighted by molar-refractivity contribution is 4.93. The molecular formula is C13H26O. The lowest BCUT2D eigenvalue weighted by Gasteiger charge is -2.11. The predicted molar refractivity (Wildman–Crippen MR) is 61.2 cm³/mol. The fourth-order valence-electron chi connectivity index (χ4n) is 2.86. The zero-order chi connectivity index (χ0) is 10.6. The largest absolute Gasteiger partial charge is 0.396 e. The van der Waals surface area contributed by atoms with Crippen molar-refractivity contribution in [3.63, 3.8) is 0 Å². The van der Waals surface area contributed by atoms with Crippen molar-refractivity contribution in [2.75, 3.05) is 6.61 Å². The third-order valence-corrected chi connectivity index (χ3v) is 4.29. The molecule has 0 radical (unpaired) electrons. The standard InChI is InChI=1S/C13H26O/c1-4-11(5-2)6-7-12-10(3)13(12)8-9-14/h10-14H,4-9H2,1-3H3. The predicted octanol–water partition coefficient (Wildman–Crippen LogP) is 3.47. The Morgan fingerprint density at radius 2 is 1.64 bits per heavy atom. The van der Waals surface area contributed by atoms with Crippen molar-refractivity contribution in [2.24, 2.45) is 23.7 Å². The zero-order valence-corrected chi connectivity index (χ0v) is 10.00. The molecule has 1 heteroatoms. The molecule has 0 aromatic carbocycles. The molecule has 1 fully saturated rings. The van der Waals surface area contributed by atoms with Gasteiger partial charge in [-0.05, 0) is 36.5 Å². The highest BCUT2D eigenvalue weighted by atomic mass is 16.3. The van der Waals surface area contributed by atoms with Crippen LogP contribution in [0.15, 0.2) is 0 Å². The van der Waals surface area contributed by atoms with Crippen LogP contribution in [0.2, 0.25) is 0 Å². The van der Waals surface area contributed by atoms with Crippen LogP contribution in [0, 0.1) is 23.7 Å². The van der Waals surface area contributed by atoms with E-state index in [-0.39, 0.29) is 0 Å². The summed E-state index contributed by atoms with van der Waals surface area (Å²) in [5, 5.41) is 8.88. The Morgan fingerprint density at radius 1 is 1.07 bits per heavy atom. The molecule has 0 aromatic heterocycles. The van der Waals surface area contributed by atoms with E-state index in [1.54, 1.807) is 0 Å². The Hall–Kier alpha value is -0.0400. The van der Waals surface area contributed by atoms with E-state index < -0.39 is 0 Å². The molecule has 84 valence electrons. The van der Waals surface area contributed by atoms with Crippen LogP contribution in [0.1, 0.15) is 52.9 Å². The van der Waals surface area contributed by atoms with Crippen molar-refractivity contribution in [3.8, 4) is 0 Å². The maximum absolute atomic E-state index is 8.88. The Balaban J connectivity index is 2.14. The number of aliphatic hydroxyl groups excluding tert-OH is 1. The minimum absolute atomic E-state index is 0.385. The molecule has 1 nitrogen and oxygen atoms in total. The van der Waals surface area contributed by atoms with Crippen molar-refractivity contribution in [2.45, 2.75) is 52.9 Å². The van der Waals surface area contributed by atoms with Gasteiger partial charge in [-0.25, -0.2) is 0 Å². The van der Waals surface area contributed by atoms with Crippen LogP contribution < -0.4 is 0 Å². The summed E-state index contributed by atoms with van der Waals surface area (Å²) in [4.78, 5) is 0. The zero-order valence-electron chi connectivity index (χ0n) is 10.00. The van der Waals surface area contributed by atoms with E-state index >= 15 is 0 Å². The number of rotatable bonds is 7. The molecule has 1 aliphatic rings. The first-order valence-corrected chi connectivity index (χ1v) is 6.35. The highest BCUT2D eigenvalue weighted by Gasteiger charge is 2.44. The van der Waals surface area contributed by atoms with Crippen LogP contribution in [0.4, 0.5) is 0 Å². The monoisotopic (exact) mass is 198 g/mol. The number of hydrogen-bond acceptors (Lipinski definition) is 1. The van der Waals surface area contributed by atoms with Crippen LogP contribution in [0.3, 0.4) is 0 Å². The van der Waals surface area contributed by atoms with Crippen molar-refractivity contribution >= 4 is 0 Å². The summed E-state index contributed by atoms with van der Waals surface area (Å²) in [5.41, 5.74) is 0. The summed E-state index contributed by atoms with van der Waals surface area (Å²) in [6.45, 7) is 7.33. The van der Waals surface area contributed by atoms with Gasteiger partial charge in [0.2, 0.25) is 0 Å². The third kappa shape index (κ3) is 2.98. The average Bonchev–Trinajstić information content (AvgIpc) is 2.79. The first kappa shape index (κ1) is 12.0. The Morgan fingerprint density at radius 3 is 2.14 bits per heavy atom. The summed E-state index contributed by atoms with van der Waals surface area (Å²) in [6, 6.07) is 0. The summed E-state index contributed by atoms with van der Waals surface area (Å²) < 4.78 is 0. The molecule has 0 saturated heterocycles. The maximum Gasteiger partial charge on any atom is 0.0433 e. The molecule has 0 spiro atoms. The van der Waals surface area contributed by atoms with Gasteiger partial charge in [-0.15, -0.1) is 0 Å². The van der Waals surface area contributed by atoms with Gasteiger partial charge in [0.25, 0.3) is 0 Å². The molecule has 14 heavy (non-hydrogen) atoms. The van der Waals surface area contributed by atoms with Gasteiger partial charge in [0.15, 0.2) is 0 Å². The molecule has 0 aliphatic heterocycles. The van der Waals surface area contributed by atoms with E-state index in [4.69, 9.17) is 5.11 Å². The molecular weight excluding hydrogens is 172 g/mol. The van der Waals surface area contributed by atoms with E-state index in [9.17, 15) is 0 Å². The second-order valence-corrected chi connectivity index (χ2v) is 4.96. The van der Waals surface area contributed by atoms with Gasteiger partial charge in [-0.3, -0.25) is 0 Å². The summed E-state index contributed by atoms with van der Waals surface area (Å²) in [6.07, 6.45) is 6.52. The van der Waals surface area contributed by atoms with Gasteiger partial charge in [-0.1, -0.05) is 40.0 Å². The van der Waals surface area contributed by atoms with Gasteiger partial charge in [0, 0.05) is 6.61 Å². The molecule has 1 N–H and O–H groups in total. The van der Waals surface area contributed by atoms with E-state index in [0.717, 1.165) is 30.1 Å². The lowest BCUT2D eigenvalue weighted by atomic mass is 9.95.